The fourth-order valence-electron chi connectivity index (χ4n) is 5.27. The summed E-state index contributed by atoms with van der Waals surface area (Å²) >= 11 is 0. The molecular formula is C30H28N4O7. The van der Waals surface area contributed by atoms with Crippen molar-refractivity contribution in [3.63, 3.8) is 0 Å². The average Bonchev–Trinajstić information content (AvgIpc) is 3.54. The van der Waals surface area contributed by atoms with E-state index in [4.69, 9.17) is 4.42 Å². The SMILES string of the molecule is Cc1c(C)[n+]([O-])c([C@H](c2ccc(-c3ccccc3C(=O)O)o2)C2C(=O)N(C)C(=O)N(C)C2=O)n1Cc1ccccc1. The van der Waals surface area contributed by atoms with Gasteiger partial charge >= 0.3 is 12.0 Å². The van der Waals surface area contributed by atoms with Crippen LogP contribution in [0.1, 0.15) is 44.8 Å². The Morgan fingerprint density at radius 3 is 2.20 bits per heavy atom. The first-order valence-electron chi connectivity index (χ1n) is 12.9. The van der Waals surface area contributed by atoms with Crippen LogP contribution in [0, 0.1) is 25.0 Å². The van der Waals surface area contributed by atoms with E-state index in [-0.39, 0.29) is 35.0 Å². The van der Waals surface area contributed by atoms with Gasteiger partial charge in [-0.15, -0.1) is 0 Å². The number of carboxylic acids is 1. The normalized spacial score (nSPS) is 15.1. The van der Waals surface area contributed by atoms with E-state index < -0.39 is 35.7 Å². The summed E-state index contributed by atoms with van der Waals surface area (Å²) in [7, 11) is 2.55. The quantitative estimate of drug-likeness (QED) is 0.209. The van der Waals surface area contributed by atoms with Crippen LogP contribution >= 0.6 is 0 Å². The van der Waals surface area contributed by atoms with Crippen molar-refractivity contribution in [2.24, 2.45) is 5.92 Å². The minimum Gasteiger partial charge on any atom is -0.711 e. The molecule has 4 aromatic rings. The fraction of sp³-hybridized carbons (Fsp3) is 0.233. The highest BCUT2D eigenvalue weighted by Crippen LogP contribution is 2.39. The maximum Gasteiger partial charge on any atom is 0.336 e. The zero-order chi connectivity index (χ0) is 29.6. The highest BCUT2D eigenvalue weighted by molar-refractivity contribution is 6.16. The molecule has 3 heterocycles. The van der Waals surface area contributed by atoms with Crippen LogP contribution in [0.25, 0.3) is 11.3 Å². The van der Waals surface area contributed by atoms with Gasteiger partial charge in [-0.05, 0) is 23.8 Å². The number of nitrogens with zero attached hydrogens (tertiary/aromatic N) is 4. The Kier molecular flexibility index (Phi) is 6.96. The van der Waals surface area contributed by atoms with Crippen molar-refractivity contribution in [1.29, 1.82) is 0 Å². The summed E-state index contributed by atoms with van der Waals surface area (Å²) in [6, 6.07) is 17.9. The lowest BCUT2D eigenvalue weighted by Crippen LogP contribution is -2.59. The number of carbonyl (C=O) groups excluding carboxylic acids is 3. The number of amides is 4. The third-order valence-electron chi connectivity index (χ3n) is 7.64. The van der Waals surface area contributed by atoms with Crippen molar-refractivity contribution in [2.45, 2.75) is 26.3 Å². The molecule has 0 saturated carbocycles. The van der Waals surface area contributed by atoms with Gasteiger partial charge in [-0.25, -0.2) is 18.9 Å². The molecule has 1 fully saturated rings. The maximum absolute atomic E-state index is 13.8. The number of furan rings is 1. The minimum absolute atomic E-state index is 0.00198. The Bertz CT molecular complexity index is 1660. The summed E-state index contributed by atoms with van der Waals surface area (Å²) in [6.45, 7) is 3.69. The lowest BCUT2D eigenvalue weighted by Gasteiger charge is -2.35. The van der Waals surface area contributed by atoms with Crippen LogP contribution in [0.3, 0.4) is 0 Å². The van der Waals surface area contributed by atoms with Gasteiger partial charge in [-0.3, -0.25) is 19.4 Å². The lowest BCUT2D eigenvalue weighted by molar-refractivity contribution is -0.621. The van der Waals surface area contributed by atoms with Gasteiger partial charge in [0.25, 0.3) is 5.82 Å². The van der Waals surface area contributed by atoms with Crippen LogP contribution in [0.5, 0.6) is 0 Å². The molecule has 1 saturated heterocycles. The smallest absolute Gasteiger partial charge is 0.336 e. The molecule has 1 N–H and O–H groups in total. The van der Waals surface area contributed by atoms with E-state index in [1.807, 2.05) is 30.3 Å². The zero-order valence-electron chi connectivity index (χ0n) is 22.9. The van der Waals surface area contributed by atoms with Crippen molar-refractivity contribution >= 4 is 23.8 Å². The number of rotatable bonds is 7. The molecule has 41 heavy (non-hydrogen) atoms. The van der Waals surface area contributed by atoms with Gasteiger partial charge in [0.15, 0.2) is 0 Å². The molecule has 0 spiro atoms. The standard InChI is InChI=1S/C30H28N4O7/c1-17-18(2)34(40)26(33(17)16-19-10-6-5-7-11-19)24(25-27(35)31(3)30(39)32(4)28(25)36)23-15-14-22(41-23)20-12-8-9-13-21(20)29(37)38/h5-15,24-25H,16H2,1-4H3,(H,37,38)/t24-/m1/s1. The van der Waals surface area contributed by atoms with E-state index in [1.165, 1.54) is 26.2 Å². The Balaban J connectivity index is 1.74. The van der Waals surface area contributed by atoms with Gasteiger partial charge in [0.1, 0.15) is 41.3 Å². The molecule has 5 rings (SSSR count). The Hall–Kier alpha value is -5.19. The molecule has 0 unspecified atom stereocenters. The fourth-order valence-corrected chi connectivity index (χ4v) is 5.27. The van der Waals surface area contributed by atoms with E-state index in [0.717, 1.165) is 15.4 Å². The number of carboxylic acid groups (broad SMARTS) is 1. The topological polar surface area (TPSA) is 140 Å². The molecule has 1 atom stereocenters. The van der Waals surface area contributed by atoms with Crippen LogP contribution < -0.4 is 4.73 Å². The first-order chi connectivity index (χ1) is 19.5. The van der Waals surface area contributed by atoms with Gasteiger partial charge in [-0.1, -0.05) is 48.5 Å². The highest BCUT2D eigenvalue weighted by Gasteiger charge is 2.52. The molecule has 11 nitrogen and oxygen atoms in total. The summed E-state index contributed by atoms with van der Waals surface area (Å²) in [5, 5.41) is 23.5. The Labute approximate surface area is 235 Å². The van der Waals surface area contributed by atoms with Crippen molar-refractivity contribution in [3.8, 4) is 11.3 Å². The molecule has 0 aliphatic carbocycles. The summed E-state index contributed by atoms with van der Waals surface area (Å²) < 4.78 is 8.61. The second-order valence-electron chi connectivity index (χ2n) is 9.98. The van der Waals surface area contributed by atoms with E-state index in [9.17, 15) is 29.5 Å². The first-order valence-corrected chi connectivity index (χ1v) is 12.9. The third kappa shape index (κ3) is 4.54. The van der Waals surface area contributed by atoms with Crippen LogP contribution in [0.4, 0.5) is 4.79 Å². The maximum atomic E-state index is 13.8. The van der Waals surface area contributed by atoms with Crippen LogP contribution in [-0.4, -0.2) is 57.4 Å². The monoisotopic (exact) mass is 556 g/mol. The first kappa shape index (κ1) is 27.4. The molecule has 1 aliphatic rings. The van der Waals surface area contributed by atoms with Gasteiger partial charge in [-0.2, -0.15) is 0 Å². The minimum atomic E-state index is -1.50. The number of aromatic carboxylic acids is 1. The van der Waals surface area contributed by atoms with Crippen molar-refractivity contribution in [3.05, 3.63) is 106 Å². The number of barbiturate groups is 1. The molecule has 11 heteroatoms. The van der Waals surface area contributed by atoms with Crippen molar-refractivity contribution < 1.29 is 33.4 Å². The summed E-state index contributed by atoms with van der Waals surface area (Å²) in [4.78, 5) is 53.3. The number of imide groups is 2. The van der Waals surface area contributed by atoms with Crippen LogP contribution in [0.15, 0.2) is 71.1 Å². The van der Waals surface area contributed by atoms with E-state index in [0.29, 0.717) is 16.1 Å². The third-order valence-corrected chi connectivity index (χ3v) is 7.64. The summed E-state index contributed by atoms with van der Waals surface area (Å²) in [6.07, 6.45) is 0. The van der Waals surface area contributed by atoms with Gasteiger partial charge < -0.3 is 14.7 Å². The van der Waals surface area contributed by atoms with E-state index in [2.05, 4.69) is 0 Å². The summed E-state index contributed by atoms with van der Waals surface area (Å²) in [5.41, 5.74) is 2.17. The second kappa shape index (κ2) is 10.4. The number of carbonyl (C=O) groups is 4. The van der Waals surface area contributed by atoms with Crippen LogP contribution in [0.2, 0.25) is 0 Å². The predicted molar refractivity (Wildman–Crippen MR) is 146 cm³/mol. The van der Waals surface area contributed by atoms with E-state index in [1.54, 1.807) is 42.7 Å². The van der Waals surface area contributed by atoms with Crippen LogP contribution in [-0.2, 0) is 16.1 Å². The second-order valence-corrected chi connectivity index (χ2v) is 9.98. The largest absolute Gasteiger partial charge is 0.711 e. The molecular weight excluding hydrogens is 528 g/mol. The Morgan fingerprint density at radius 1 is 0.951 bits per heavy atom. The van der Waals surface area contributed by atoms with Crippen molar-refractivity contribution in [2.75, 3.05) is 14.1 Å². The molecule has 2 aromatic carbocycles. The van der Waals surface area contributed by atoms with E-state index >= 15 is 0 Å². The summed E-state index contributed by atoms with van der Waals surface area (Å²) in [5.74, 6) is -5.10. The number of aromatic nitrogens is 2. The number of benzene rings is 2. The van der Waals surface area contributed by atoms with Crippen molar-refractivity contribution in [1.82, 2.24) is 14.4 Å². The number of imidazole rings is 1. The Morgan fingerprint density at radius 2 is 1.56 bits per heavy atom. The van der Waals surface area contributed by atoms with Gasteiger partial charge in [0.05, 0.1) is 5.56 Å². The molecule has 210 valence electrons. The van der Waals surface area contributed by atoms with Gasteiger partial charge in [0.2, 0.25) is 11.8 Å². The lowest BCUT2D eigenvalue weighted by atomic mass is 9.85. The number of hydrogen-bond donors (Lipinski definition) is 1. The average molecular weight is 557 g/mol. The number of hydrogen-bond acceptors (Lipinski definition) is 6. The molecule has 1 aliphatic heterocycles. The molecule has 0 radical (unpaired) electrons. The number of urea groups is 1. The predicted octanol–water partition coefficient (Wildman–Crippen LogP) is 3.54. The molecule has 0 bridgehead atoms. The molecule has 2 aromatic heterocycles. The van der Waals surface area contributed by atoms with Gasteiger partial charge in [0, 0.05) is 33.5 Å². The highest BCUT2D eigenvalue weighted by atomic mass is 16.5. The zero-order valence-corrected chi connectivity index (χ0v) is 22.9. The molecule has 4 amide bonds.